The van der Waals surface area contributed by atoms with Crippen molar-refractivity contribution in [3.8, 4) is 0 Å². The van der Waals surface area contributed by atoms with Crippen LogP contribution in [-0.4, -0.2) is 35.2 Å². The highest BCUT2D eigenvalue weighted by atomic mass is 16.5. The van der Waals surface area contributed by atoms with Gasteiger partial charge in [-0.3, -0.25) is 9.59 Å². The van der Waals surface area contributed by atoms with Crippen LogP contribution < -0.4 is 5.32 Å². The third-order valence-corrected chi connectivity index (χ3v) is 3.05. The molecule has 0 aromatic heterocycles. The van der Waals surface area contributed by atoms with Gasteiger partial charge in [-0.05, 0) is 26.2 Å². The van der Waals surface area contributed by atoms with Crippen molar-refractivity contribution >= 4 is 11.9 Å². The minimum absolute atomic E-state index is 0.158. The maximum absolute atomic E-state index is 11.8. The van der Waals surface area contributed by atoms with Crippen LogP contribution >= 0.6 is 0 Å². The summed E-state index contributed by atoms with van der Waals surface area (Å²) >= 11 is 0. The summed E-state index contributed by atoms with van der Waals surface area (Å²) in [4.78, 5) is 22.4. The number of carboxylic acid groups (broad SMARTS) is 1. The largest absolute Gasteiger partial charge is 0.480 e. The van der Waals surface area contributed by atoms with Gasteiger partial charge in [-0.25, -0.2) is 0 Å². The molecule has 0 radical (unpaired) electrons. The number of hydrogen-bond acceptors (Lipinski definition) is 3. The Bertz CT molecular complexity index is 274. The van der Waals surface area contributed by atoms with Gasteiger partial charge in [0.05, 0.1) is 6.10 Å². The van der Waals surface area contributed by atoms with Crippen LogP contribution in [0.2, 0.25) is 0 Å². The van der Waals surface area contributed by atoms with Crippen LogP contribution in [0.15, 0.2) is 0 Å². The molecule has 5 nitrogen and oxygen atoms in total. The number of carbonyl (C=O) groups excluding carboxylic acids is 1. The highest BCUT2D eigenvalue weighted by Crippen LogP contribution is 2.22. The zero-order valence-electron chi connectivity index (χ0n) is 10.4. The topological polar surface area (TPSA) is 75.6 Å². The molecular formula is C12H21NO4. The second-order valence-electron chi connectivity index (χ2n) is 4.51. The average molecular weight is 243 g/mol. The Morgan fingerprint density at radius 2 is 2.00 bits per heavy atom. The van der Waals surface area contributed by atoms with E-state index in [1.165, 1.54) is 6.92 Å². The van der Waals surface area contributed by atoms with E-state index in [9.17, 15) is 9.59 Å². The standard InChI is InChI=1S/C12H21NO4/c1-3-10(17-9-6-4-5-7-9)11(14)13-8(2)12(15)16/h8-10H,3-7H2,1-2H3,(H,13,14)(H,15,16). The average Bonchev–Trinajstić information content (AvgIpc) is 2.78. The van der Waals surface area contributed by atoms with Crippen LogP contribution in [-0.2, 0) is 14.3 Å². The zero-order chi connectivity index (χ0) is 12.8. The molecule has 5 heteroatoms. The third-order valence-electron chi connectivity index (χ3n) is 3.05. The maximum Gasteiger partial charge on any atom is 0.325 e. The van der Waals surface area contributed by atoms with Gasteiger partial charge in [0.1, 0.15) is 12.1 Å². The minimum atomic E-state index is -1.03. The van der Waals surface area contributed by atoms with E-state index in [1.54, 1.807) is 0 Å². The van der Waals surface area contributed by atoms with Crippen LogP contribution in [0.1, 0.15) is 46.0 Å². The Morgan fingerprint density at radius 1 is 1.41 bits per heavy atom. The Kier molecular flexibility index (Phi) is 5.41. The minimum Gasteiger partial charge on any atom is -0.480 e. The van der Waals surface area contributed by atoms with Crippen LogP contribution in [0, 0.1) is 0 Å². The zero-order valence-corrected chi connectivity index (χ0v) is 10.4. The van der Waals surface area contributed by atoms with Crippen molar-refractivity contribution in [2.45, 2.75) is 64.2 Å². The molecule has 0 bridgehead atoms. The Balaban J connectivity index is 2.42. The van der Waals surface area contributed by atoms with E-state index in [0.29, 0.717) is 6.42 Å². The molecule has 1 saturated carbocycles. The second kappa shape index (κ2) is 6.59. The quantitative estimate of drug-likeness (QED) is 0.737. The summed E-state index contributed by atoms with van der Waals surface area (Å²) in [5, 5.41) is 11.2. The molecule has 0 heterocycles. The summed E-state index contributed by atoms with van der Waals surface area (Å²) in [5.74, 6) is -1.36. The predicted octanol–water partition coefficient (Wildman–Crippen LogP) is 1.31. The van der Waals surface area contributed by atoms with Gasteiger partial charge in [-0.15, -0.1) is 0 Å². The molecule has 1 aliphatic carbocycles. The van der Waals surface area contributed by atoms with E-state index in [1.807, 2.05) is 6.92 Å². The number of amides is 1. The first-order chi connectivity index (χ1) is 8.04. The van der Waals surface area contributed by atoms with E-state index in [2.05, 4.69) is 5.32 Å². The molecular weight excluding hydrogens is 222 g/mol. The third kappa shape index (κ3) is 4.34. The van der Waals surface area contributed by atoms with E-state index in [-0.39, 0.29) is 12.0 Å². The van der Waals surface area contributed by atoms with Gasteiger partial charge >= 0.3 is 5.97 Å². The Morgan fingerprint density at radius 3 is 2.47 bits per heavy atom. The van der Waals surface area contributed by atoms with Gasteiger partial charge in [0.25, 0.3) is 0 Å². The van der Waals surface area contributed by atoms with Crippen molar-refractivity contribution in [1.29, 1.82) is 0 Å². The fraction of sp³-hybridized carbons (Fsp3) is 0.833. The number of ether oxygens (including phenoxy) is 1. The predicted molar refractivity (Wildman–Crippen MR) is 62.7 cm³/mol. The van der Waals surface area contributed by atoms with E-state index < -0.39 is 18.1 Å². The summed E-state index contributed by atoms with van der Waals surface area (Å²) in [6.45, 7) is 3.31. The molecule has 1 fully saturated rings. The number of carboxylic acids is 1. The number of aliphatic carboxylic acids is 1. The van der Waals surface area contributed by atoms with Crippen LogP contribution in [0.25, 0.3) is 0 Å². The first-order valence-electron chi connectivity index (χ1n) is 6.23. The molecule has 1 amide bonds. The molecule has 2 atom stereocenters. The van der Waals surface area contributed by atoms with Gasteiger partial charge in [0.2, 0.25) is 5.91 Å². The van der Waals surface area contributed by atoms with Crippen molar-refractivity contribution in [1.82, 2.24) is 5.32 Å². The lowest BCUT2D eigenvalue weighted by atomic mass is 10.2. The van der Waals surface area contributed by atoms with Crippen molar-refractivity contribution in [2.24, 2.45) is 0 Å². The molecule has 1 aliphatic rings. The second-order valence-corrected chi connectivity index (χ2v) is 4.51. The normalized spacial score (nSPS) is 19.9. The molecule has 2 N–H and O–H groups in total. The summed E-state index contributed by atoms with van der Waals surface area (Å²) in [6, 6.07) is -0.872. The molecule has 1 rings (SSSR count). The van der Waals surface area contributed by atoms with Crippen LogP contribution in [0.5, 0.6) is 0 Å². The molecule has 17 heavy (non-hydrogen) atoms. The number of hydrogen-bond donors (Lipinski definition) is 2. The monoisotopic (exact) mass is 243 g/mol. The van der Waals surface area contributed by atoms with Gasteiger partial charge in [0, 0.05) is 0 Å². The summed E-state index contributed by atoms with van der Waals surface area (Å²) in [7, 11) is 0. The summed E-state index contributed by atoms with van der Waals surface area (Å²) < 4.78 is 5.70. The van der Waals surface area contributed by atoms with Crippen LogP contribution in [0.4, 0.5) is 0 Å². The van der Waals surface area contributed by atoms with E-state index >= 15 is 0 Å². The molecule has 0 saturated heterocycles. The van der Waals surface area contributed by atoms with Gasteiger partial charge in [-0.2, -0.15) is 0 Å². The van der Waals surface area contributed by atoms with E-state index in [0.717, 1.165) is 25.7 Å². The highest BCUT2D eigenvalue weighted by Gasteiger charge is 2.26. The summed E-state index contributed by atoms with van der Waals surface area (Å²) in [6.07, 6.45) is 4.49. The molecule has 98 valence electrons. The fourth-order valence-corrected chi connectivity index (χ4v) is 1.97. The molecule has 0 aromatic carbocycles. The van der Waals surface area contributed by atoms with E-state index in [4.69, 9.17) is 9.84 Å². The molecule has 2 unspecified atom stereocenters. The molecule has 0 aliphatic heterocycles. The number of nitrogens with one attached hydrogen (secondary N) is 1. The van der Waals surface area contributed by atoms with Gasteiger partial charge in [0.15, 0.2) is 0 Å². The van der Waals surface area contributed by atoms with Gasteiger partial charge < -0.3 is 15.2 Å². The lowest BCUT2D eigenvalue weighted by Gasteiger charge is -2.21. The lowest BCUT2D eigenvalue weighted by Crippen LogP contribution is -2.45. The Labute approximate surface area is 102 Å². The SMILES string of the molecule is CCC(OC1CCCC1)C(=O)NC(C)C(=O)O. The number of rotatable bonds is 6. The fourth-order valence-electron chi connectivity index (χ4n) is 1.97. The first-order valence-corrected chi connectivity index (χ1v) is 6.23. The smallest absolute Gasteiger partial charge is 0.325 e. The van der Waals surface area contributed by atoms with Crippen LogP contribution in [0.3, 0.4) is 0 Å². The van der Waals surface area contributed by atoms with Crippen molar-refractivity contribution < 1.29 is 19.4 Å². The highest BCUT2D eigenvalue weighted by molar-refractivity contribution is 5.86. The van der Waals surface area contributed by atoms with Crippen molar-refractivity contribution in [3.05, 3.63) is 0 Å². The Hall–Kier alpha value is -1.10. The summed E-state index contributed by atoms with van der Waals surface area (Å²) in [5.41, 5.74) is 0. The lowest BCUT2D eigenvalue weighted by molar-refractivity contribution is -0.145. The molecule has 0 spiro atoms. The number of carbonyl (C=O) groups is 2. The van der Waals surface area contributed by atoms with Gasteiger partial charge in [-0.1, -0.05) is 19.8 Å². The van der Waals surface area contributed by atoms with Crippen molar-refractivity contribution in [3.63, 3.8) is 0 Å². The maximum atomic E-state index is 11.8. The van der Waals surface area contributed by atoms with Crippen molar-refractivity contribution in [2.75, 3.05) is 0 Å². The first kappa shape index (κ1) is 14.0. The molecule has 0 aromatic rings.